The Morgan fingerprint density at radius 2 is 2.13 bits per heavy atom. The summed E-state index contributed by atoms with van der Waals surface area (Å²) in [6, 6.07) is 7.04. The van der Waals surface area contributed by atoms with Crippen LogP contribution in [0.2, 0.25) is 5.02 Å². The van der Waals surface area contributed by atoms with E-state index in [0.29, 0.717) is 17.3 Å². The number of hydrogen-bond acceptors (Lipinski definition) is 5. The number of hydrogen-bond donors (Lipinski definition) is 1. The van der Waals surface area contributed by atoms with Gasteiger partial charge in [0, 0.05) is 6.54 Å². The van der Waals surface area contributed by atoms with Gasteiger partial charge in [-0.2, -0.15) is 0 Å². The van der Waals surface area contributed by atoms with Crippen LogP contribution in [0, 0.1) is 0 Å². The van der Waals surface area contributed by atoms with Crippen LogP contribution in [0.15, 0.2) is 30.5 Å². The van der Waals surface area contributed by atoms with Gasteiger partial charge in [0.2, 0.25) is 0 Å². The number of benzene rings is 1. The molecule has 1 aliphatic rings. The van der Waals surface area contributed by atoms with Crippen molar-refractivity contribution in [2.75, 3.05) is 19.7 Å². The second kappa shape index (κ2) is 6.35. The number of ether oxygens (including phenoxy) is 1. The Morgan fingerprint density at radius 1 is 1.35 bits per heavy atom. The quantitative estimate of drug-likeness (QED) is 0.892. The average Bonchev–Trinajstić information content (AvgIpc) is 3.04. The maximum absolute atomic E-state index is 12.4. The Bertz CT molecular complexity index is 748. The molecule has 0 aliphatic carbocycles. The van der Waals surface area contributed by atoms with E-state index < -0.39 is 18.0 Å². The fourth-order valence-electron chi connectivity index (χ4n) is 2.26. The summed E-state index contributed by atoms with van der Waals surface area (Å²) >= 11 is 6.08. The third-order valence-electron chi connectivity index (χ3n) is 3.44. The number of carboxylic acids is 1. The van der Waals surface area contributed by atoms with Crippen molar-refractivity contribution in [3.8, 4) is 5.69 Å². The minimum absolute atomic E-state index is 0.0207. The molecule has 120 valence electrons. The summed E-state index contributed by atoms with van der Waals surface area (Å²) in [5, 5.41) is 17.2. The molecule has 23 heavy (non-hydrogen) atoms. The zero-order chi connectivity index (χ0) is 16.4. The van der Waals surface area contributed by atoms with Crippen molar-refractivity contribution in [1.82, 2.24) is 19.9 Å². The second-order valence-corrected chi connectivity index (χ2v) is 5.36. The number of carboxylic acid groups (broad SMARTS) is 1. The molecule has 1 aliphatic heterocycles. The van der Waals surface area contributed by atoms with Crippen LogP contribution < -0.4 is 0 Å². The summed E-state index contributed by atoms with van der Waals surface area (Å²) in [6.45, 7) is 0.454. The topological polar surface area (TPSA) is 97.6 Å². The van der Waals surface area contributed by atoms with Crippen molar-refractivity contribution in [3.05, 3.63) is 41.2 Å². The van der Waals surface area contributed by atoms with Gasteiger partial charge >= 0.3 is 5.97 Å². The van der Waals surface area contributed by atoms with Crippen LogP contribution in [0.4, 0.5) is 0 Å². The molecule has 1 atom stereocenters. The Morgan fingerprint density at radius 3 is 2.87 bits per heavy atom. The molecule has 0 spiro atoms. The highest BCUT2D eigenvalue weighted by Crippen LogP contribution is 2.19. The van der Waals surface area contributed by atoms with E-state index in [1.165, 1.54) is 15.8 Å². The number of carbonyl (C=O) groups is 2. The highest BCUT2D eigenvalue weighted by Gasteiger charge is 2.30. The number of rotatable bonds is 3. The molecule has 8 nitrogen and oxygen atoms in total. The van der Waals surface area contributed by atoms with Gasteiger partial charge in [0.25, 0.3) is 5.91 Å². The maximum Gasteiger partial charge on any atom is 0.334 e. The van der Waals surface area contributed by atoms with Crippen molar-refractivity contribution in [2.45, 2.75) is 6.10 Å². The molecular formula is C14H13ClN4O4. The predicted octanol–water partition coefficient (Wildman–Crippen LogP) is 0.846. The van der Waals surface area contributed by atoms with Gasteiger partial charge in [-0.1, -0.05) is 28.9 Å². The molecule has 1 fully saturated rings. The van der Waals surface area contributed by atoms with Crippen molar-refractivity contribution >= 4 is 23.5 Å². The summed E-state index contributed by atoms with van der Waals surface area (Å²) in [4.78, 5) is 24.8. The zero-order valence-corrected chi connectivity index (χ0v) is 12.7. The summed E-state index contributed by atoms with van der Waals surface area (Å²) < 4.78 is 6.50. The molecule has 0 saturated carbocycles. The van der Waals surface area contributed by atoms with E-state index in [9.17, 15) is 9.59 Å². The number of amides is 1. The van der Waals surface area contributed by atoms with Crippen LogP contribution in [0.5, 0.6) is 0 Å². The van der Waals surface area contributed by atoms with Gasteiger partial charge in [-0.25, -0.2) is 9.48 Å². The van der Waals surface area contributed by atoms with Crippen LogP contribution >= 0.6 is 11.6 Å². The third-order valence-corrected chi connectivity index (χ3v) is 3.76. The van der Waals surface area contributed by atoms with E-state index in [1.807, 2.05) is 0 Å². The fraction of sp³-hybridized carbons (Fsp3) is 0.286. The van der Waals surface area contributed by atoms with Crippen molar-refractivity contribution in [1.29, 1.82) is 0 Å². The summed E-state index contributed by atoms with van der Waals surface area (Å²) in [7, 11) is 0. The minimum atomic E-state index is -1.10. The second-order valence-electron chi connectivity index (χ2n) is 4.95. The van der Waals surface area contributed by atoms with Crippen LogP contribution in [-0.4, -0.2) is 62.7 Å². The standard InChI is InChI=1S/C14H13ClN4O4/c15-9-3-1-2-4-11(9)19-7-10(16-17-19)13(20)18-5-6-23-12(8-18)14(21)22/h1-4,7,12H,5-6,8H2,(H,21,22). The zero-order valence-electron chi connectivity index (χ0n) is 11.9. The molecule has 2 heterocycles. The molecule has 9 heteroatoms. The molecule has 1 aromatic carbocycles. The minimum Gasteiger partial charge on any atom is -0.479 e. The molecule has 1 amide bonds. The van der Waals surface area contributed by atoms with E-state index >= 15 is 0 Å². The van der Waals surface area contributed by atoms with E-state index in [0.717, 1.165) is 0 Å². The molecular weight excluding hydrogens is 324 g/mol. The van der Waals surface area contributed by atoms with E-state index in [2.05, 4.69) is 10.3 Å². The first-order valence-electron chi connectivity index (χ1n) is 6.87. The molecule has 1 aromatic heterocycles. The van der Waals surface area contributed by atoms with Crippen LogP contribution in [0.1, 0.15) is 10.5 Å². The number of morpholine rings is 1. The lowest BCUT2D eigenvalue weighted by Gasteiger charge is -2.30. The molecule has 2 aromatic rings. The van der Waals surface area contributed by atoms with Crippen LogP contribution in [0.3, 0.4) is 0 Å². The Hall–Kier alpha value is -2.45. The number of nitrogens with zero attached hydrogens (tertiary/aromatic N) is 4. The number of carbonyl (C=O) groups excluding carboxylic acids is 1. The van der Waals surface area contributed by atoms with Gasteiger partial charge in [-0.3, -0.25) is 4.79 Å². The Labute approximate surface area is 136 Å². The summed E-state index contributed by atoms with van der Waals surface area (Å²) in [5.41, 5.74) is 0.724. The maximum atomic E-state index is 12.4. The van der Waals surface area contributed by atoms with Gasteiger partial charge in [0.15, 0.2) is 11.8 Å². The van der Waals surface area contributed by atoms with Gasteiger partial charge in [-0.05, 0) is 12.1 Å². The smallest absolute Gasteiger partial charge is 0.334 e. The van der Waals surface area contributed by atoms with Gasteiger partial charge in [0.1, 0.15) is 0 Å². The largest absolute Gasteiger partial charge is 0.479 e. The number of aromatic nitrogens is 3. The molecule has 0 radical (unpaired) electrons. The first-order chi connectivity index (χ1) is 11.1. The van der Waals surface area contributed by atoms with Crippen LogP contribution in [-0.2, 0) is 9.53 Å². The average molecular weight is 337 g/mol. The number of halogens is 1. The summed E-state index contributed by atoms with van der Waals surface area (Å²) in [5.74, 6) is -1.49. The lowest BCUT2D eigenvalue weighted by Crippen LogP contribution is -2.48. The van der Waals surface area contributed by atoms with E-state index in [-0.39, 0.29) is 18.8 Å². The monoisotopic (exact) mass is 336 g/mol. The van der Waals surface area contributed by atoms with Crippen molar-refractivity contribution < 1.29 is 19.4 Å². The lowest BCUT2D eigenvalue weighted by atomic mass is 10.2. The molecule has 1 saturated heterocycles. The molecule has 3 rings (SSSR count). The lowest BCUT2D eigenvalue weighted by molar-refractivity contribution is -0.154. The first-order valence-corrected chi connectivity index (χ1v) is 7.25. The number of aliphatic carboxylic acids is 1. The normalized spacial score (nSPS) is 18.0. The SMILES string of the molecule is O=C(O)C1CN(C(=O)c2cn(-c3ccccc3Cl)nn2)CCO1. The predicted molar refractivity (Wildman–Crippen MR) is 79.6 cm³/mol. The fourth-order valence-corrected chi connectivity index (χ4v) is 2.48. The highest BCUT2D eigenvalue weighted by atomic mass is 35.5. The highest BCUT2D eigenvalue weighted by molar-refractivity contribution is 6.32. The van der Waals surface area contributed by atoms with E-state index in [4.69, 9.17) is 21.4 Å². The van der Waals surface area contributed by atoms with Gasteiger partial charge in [-0.15, -0.1) is 5.10 Å². The first kappa shape index (κ1) is 15.4. The number of para-hydroxylation sites is 1. The molecule has 1 unspecified atom stereocenters. The van der Waals surface area contributed by atoms with Crippen molar-refractivity contribution in [2.24, 2.45) is 0 Å². The van der Waals surface area contributed by atoms with Crippen LogP contribution in [0.25, 0.3) is 5.69 Å². The third kappa shape index (κ3) is 3.17. The molecule has 1 N–H and O–H groups in total. The van der Waals surface area contributed by atoms with Crippen molar-refractivity contribution in [3.63, 3.8) is 0 Å². The van der Waals surface area contributed by atoms with Gasteiger partial charge in [0.05, 0.1) is 30.1 Å². The van der Waals surface area contributed by atoms with E-state index in [1.54, 1.807) is 24.3 Å². The molecule has 0 bridgehead atoms. The Kier molecular flexibility index (Phi) is 4.26. The Balaban J connectivity index is 1.79. The van der Waals surface area contributed by atoms with Gasteiger partial charge < -0.3 is 14.7 Å². The summed E-state index contributed by atoms with van der Waals surface area (Å²) in [6.07, 6.45) is 0.445.